The van der Waals surface area contributed by atoms with E-state index in [1.807, 2.05) is 0 Å². The minimum atomic E-state index is 0.470. The van der Waals surface area contributed by atoms with Crippen molar-refractivity contribution >= 4 is 0 Å². The van der Waals surface area contributed by atoms with Gasteiger partial charge < -0.3 is 5.32 Å². The first kappa shape index (κ1) is 7.86. The summed E-state index contributed by atoms with van der Waals surface area (Å²) in [4.78, 5) is 0. The summed E-state index contributed by atoms with van der Waals surface area (Å²) in [5.41, 5.74) is 2.73. The van der Waals surface area contributed by atoms with Crippen LogP contribution in [0.3, 0.4) is 0 Å². The SMILES string of the molecule is C1=CC2NC3=C(C=CCC=C3)C2C=C1. The highest BCUT2D eigenvalue weighted by Crippen LogP contribution is 2.32. The van der Waals surface area contributed by atoms with E-state index in [0.29, 0.717) is 12.0 Å². The minimum absolute atomic E-state index is 0.470. The third-order valence-electron chi connectivity index (χ3n) is 2.98. The summed E-state index contributed by atoms with van der Waals surface area (Å²) in [7, 11) is 0. The van der Waals surface area contributed by atoms with Gasteiger partial charge in [0.05, 0.1) is 6.04 Å². The molecule has 1 N–H and O–H groups in total. The molecule has 1 heterocycles. The van der Waals surface area contributed by atoms with Crippen molar-refractivity contribution in [2.24, 2.45) is 5.92 Å². The number of hydrogen-bond donors (Lipinski definition) is 1. The number of fused-ring (bicyclic) bond motifs is 2. The molecule has 2 unspecified atom stereocenters. The maximum Gasteiger partial charge on any atom is 0.0551 e. The van der Waals surface area contributed by atoms with Crippen LogP contribution in [0.4, 0.5) is 0 Å². The Labute approximate surface area is 84.2 Å². The normalized spacial score (nSPS) is 32.6. The molecule has 0 amide bonds. The molecule has 1 aliphatic heterocycles. The van der Waals surface area contributed by atoms with Crippen molar-refractivity contribution in [2.75, 3.05) is 0 Å². The predicted molar refractivity (Wildman–Crippen MR) is 58.6 cm³/mol. The molecule has 3 aliphatic rings. The van der Waals surface area contributed by atoms with Crippen LogP contribution >= 0.6 is 0 Å². The molecule has 0 radical (unpaired) electrons. The standard InChI is InChI=1S/C13H13N/c1-2-6-10-11-7-4-5-9-13(11)14-12(10)8-3-1/h2-9,11,13-14H,1H2. The van der Waals surface area contributed by atoms with E-state index in [0.717, 1.165) is 6.42 Å². The van der Waals surface area contributed by atoms with Gasteiger partial charge in [-0.25, -0.2) is 0 Å². The van der Waals surface area contributed by atoms with Gasteiger partial charge >= 0.3 is 0 Å². The van der Waals surface area contributed by atoms with Gasteiger partial charge in [0.15, 0.2) is 0 Å². The molecule has 0 saturated heterocycles. The maximum absolute atomic E-state index is 3.54. The molecule has 1 nitrogen and oxygen atoms in total. The van der Waals surface area contributed by atoms with Gasteiger partial charge in [-0.2, -0.15) is 0 Å². The summed E-state index contributed by atoms with van der Waals surface area (Å²) >= 11 is 0. The number of hydrogen-bond acceptors (Lipinski definition) is 1. The number of nitrogens with one attached hydrogen (secondary N) is 1. The van der Waals surface area contributed by atoms with Gasteiger partial charge in [0, 0.05) is 11.6 Å². The van der Waals surface area contributed by atoms with Crippen LogP contribution in [0.2, 0.25) is 0 Å². The summed E-state index contributed by atoms with van der Waals surface area (Å²) in [6.45, 7) is 0. The average molecular weight is 183 g/mol. The zero-order valence-electron chi connectivity index (χ0n) is 7.98. The van der Waals surface area contributed by atoms with Gasteiger partial charge in [-0.05, 0) is 18.1 Å². The summed E-state index contributed by atoms with van der Waals surface area (Å²) in [6, 6.07) is 0.470. The molecule has 3 rings (SSSR count). The molecule has 2 atom stereocenters. The Hall–Kier alpha value is -1.50. The first-order valence-corrected chi connectivity index (χ1v) is 5.14. The number of rotatable bonds is 0. The third kappa shape index (κ3) is 1.09. The van der Waals surface area contributed by atoms with Crippen LogP contribution in [0.1, 0.15) is 6.42 Å². The van der Waals surface area contributed by atoms with Crippen molar-refractivity contribution in [1.29, 1.82) is 0 Å². The largest absolute Gasteiger partial charge is 0.378 e. The van der Waals surface area contributed by atoms with Crippen LogP contribution < -0.4 is 5.32 Å². The molecule has 0 bridgehead atoms. The molecule has 0 spiro atoms. The Bertz CT molecular complexity index is 393. The molecule has 14 heavy (non-hydrogen) atoms. The predicted octanol–water partition coefficient (Wildman–Crippen LogP) is 2.47. The topological polar surface area (TPSA) is 12.0 Å². The first-order valence-electron chi connectivity index (χ1n) is 5.14. The highest BCUT2D eigenvalue weighted by molar-refractivity contribution is 5.46. The summed E-state index contributed by atoms with van der Waals surface area (Å²) in [5, 5.41) is 3.54. The second-order valence-corrected chi connectivity index (χ2v) is 3.88. The third-order valence-corrected chi connectivity index (χ3v) is 2.98. The van der Waals surface area contributed by atoms with E-state index in [4.69, 9.17) is 0 Å². The van der Waals surface area contributed by atoms with E-state index in [9.17, 15) is 0 Å². The fourth-order valence-electron chi connectivity index (χ4n) is 2.29. The van der Waals surface area contributed by atoms with Crippen LogP contribution in [0.5, 0.6) is 0 Å². The second kappa shape index (κ2) is 3.02. The second-order valence-electron chi connectivity index (χ2n) is 3.88. The Morgan fingerprint density at radius 2 is 1.93 bits per heavy atom. The Morgan fingerprint density at radius 3 is 2.93 bits per heavy atom. The minimum Gasteiger partial charge on any atom is -0.378 e. The van der Waals surface area contributed by atoms with E-state index < -0.39 is 0 Å². The van der Waals surface area contributed by atoms with E-state index in [2.05, 4.69) is 53.9 Å². The lowest BCUT2D eigenvalue weighted by molar-refractivity contribution is 0.632. The van der Waals surface area contributed by atoms with Gasteiger partial charge in [0.1, 0.15) is 0 Å². The first-order chi connectivity index (χ1) is 6.95. The van der Waals surface area contributed by atoms with E-state index >= 15 is 0 Å². The lowest BCUT2D eigenvalue weighted by Gasteiger charge is -2.17. The molecule has 0 aromatic rings. The maximum atomic E-state index is 3.54. The van der Waals surface area contributed by atoms with Crippen LogP contribution in [0.15, 0.2) is 59.9 Å². The monoisotopic (exact) mass is 183 g/mol. The van der Waals surface area contributed by atoms with Gasteiger partial charge in [-0.3, -0.25) is 0 Å². The highest BCUT2D eigenvalue weighted by atomic mass is 15.0. The molecule has 0 aromatic carbocycles. The zero-order chi connectivity index (χ0) is 9.38. The number of allylic oxidation sites excluding steroid dienone is 6. The van der Waals surface area contributed by atoms with Crippen molar-refractivity contribution in [3.05, 3.63) is 59.9 Å². The molecule has 0 saturated carbocycles. The van der Waals surface area contributed by atoms with Crippen LogP contribution in [-0.2, 0) is 0 Å². The molecular weight excluding hydrogens is 170 g/mol. The zero-order valence-corrected chi connectivity index (χ0v) is 7.98. The molecule has 70 valence electrons. The molecule has 2 aliphatic carbocycles. The van der Waals surface area contributed by atoms with Crippen molar-refractivity contribution in [3.8, 4) is 0 Å². The molecule has 0 aromatic heterocycles. The van der Waals surface area contributed by atoms with E-state index in [1.165, 1.54) is 11.3 Å². The van der Waals surface area contributed by atoms with Crippen LogP contribution in [0.25, 0.3) is 0 Å². The summed E-state index contributed by atoms with van der Waals surface area (Å²) < 4.78 is 0. The van der Waals surface area contributed by atoms with Crippen molar-refractivity contribution in [2.45, 2.75) is 12.5 Å². The molecule has 0 fully saturated rings. The van der Waals surface area contributed by atoms with Crippen LogP contribution in [0, 0.1) is 5.92 Å². The Morgan fingerprint density at radius 1 is 1.07 bits per heavy atom. The Balaban J connectivity index is 2.03. The van der Waals surface area contributed by atoms with Gasteiger partial charge in [-0.1, -0.05) is 42.5 Å². The van der Waals surface area contributed by atoms with Crippen LogP contribution in [-0.4, -0.2) is 6.04 Å². The lowest BCUT2D eigenvalue weighted by Crippen LogP contribution is -2.26. The smallest absolute Gasteiger partial charge is 0.0551 e. The quantitative estimate of drug-likeness (QED) is 0.608. The summed E-state index contributed by atoms with van der Waals surface area (Å²) in [5.74, 6) is 0.536. The van der Waals surface area contributed by atoms with Gasteiger partial charge in [-0.15, -0.1) is 0 Å². The van der Waals surface area contributed by atoms with E-state index in [1.54, 1.807) is 0 Å². The summed E-state index contributed by atoms with van der Waals surface area (Å²) in [6.07, 6.45) is 18.7. The average Bonchev–Trinajstić information content (AvgIpc) is 2.42. The highest BCUT2D eigenvalue weighted by Gasteiger charge is 2.29. The molecular formula is C13H13N. The fourth-order valence-corrected chi connectivity index (χ4v) is 2.29. The van der Waals surface area contributed by atoms with Gasteiger partial charge in [0.25, 0.3) is 0 Å². The fraction of sp³-hybridized carbons (Fsp3) is 0.231. The van der Waals surface area contributed by atoms with Crippen molar-refractivity contribution in [1.82, 2.24) is 5.32 Å². The van der Waals surface area contributed by atoms with E-state index in [-0.39, 0.29) is 0 Å². The van der Waals surface area contributed by atoms with Crippen molar-refractivity contribution in [3.63, 3.8) is 0 Å². The molecule has 1 heteroatoms. The van der Waals surface area contributed by atoms with Gasteiger partial charge in [0.2, 0.25) is 0 Å². The lowest BCUT2D eigenvalue weighted by atomic mass is 9.91. The van der Waals surface area contributed by atoms with Crippen molar-refractivity contribution < 1.29 is 0 Å². The Kier molecular flexibility index (Phi) is 1.69.